The molecule has 0 bridgehead atoms. The van der Waals surface area contributed by atoms with E-state index in [-0.39, 0.29) is 5.97 Å². The first-order chi connectivity index (χ1) is 5.33. The van der Waals surface area contributed by atoms with Gasteiger partial charge in [-0.25, -0.2) is 0 Å². The smallest absolute Gasteiger partial charge is 0.309 e. The minimum absolute atomic E-state index is 0.0504. The first-order valence-electron chi connectivity index (χ1n) is 4.40. The molecule has 3 saturated carbocycles. The van der Waals surface area contributed by atoms with Gasteiger partial charge in [-0.15, -0.1) is 0 Å². The quantitative estimate of drug-likeness (QED) is 0.525. The Bertz CT molecular complexity index is 210. The molecule has 0 aromatic rings. The normalized spacial score (nSPS) is 56.3. The molecule has 0 aromatic heterocycles. The van der Waals surface area contributed by atoms with Crippen molar-refractivity contribution >= 4 is 5.97 Å². The Labute approximate surface area is 65.9 Å². The molecule has 3 rings (SSSR count). The Morgan fingerprint density at radius 3 is 2.36 bits per heavy atom. The monoisotopic (exact) mass is 152 g/mol. The van der Waals surface area contributed by atoms with Crippen LogP contribution in [0.5, 0.6) is 0 Å². The minimum Gasteiger partial charge on any atom is -0.469 e. The maximum absolute atomic E-state index is 11.2. The van der Waals surface area contributed by atoms with E-state index in [2.05, 4.69) is 0 Å². The van der Waals surface area contributed by atoms with Crippen molar-refractivity contribution in [1.82, 2.24) is 0 Å². The highest BCUT2D eigenvalue weighted by Crippen LogP contribution is 2.72. The Morgan fingerprint density at radius 1 is 1.36 bits per heavy atom. The lowest BCUT2D eigenvalue weighted by Crippen LogP contribution is -2.69. The van der Waals surface area contributed by atoms with E-state index in [0.717, 1.165) is 23.7 Å². The Balaban J connectivity index is 1.77. The summed E-state index contributed by atoms with van der Waals surface area (Å²) >= 11 is 0. The summed E-state index contributed by atoms with van der Waals surface area (Å²) in [7, 11) is 1.50. The van der Waals surface area contributed by atoms with Crippen LogP contribution in [0.3, 0.4) is 0 Å². The molecule has 3 fully saturated rings. The van der Waals surface area contributed by atoms with Crippen LogP contribution < -0.4 is 0 Å². The molecule has 2 nitrogen and oxygen atoms in total. The fourth-order valence-electron chi connectivity index (χ4n) is 3.48. The fourth-order valence-corrected chi connectivity index (χ4v) is 3.48. The van der Waals surface area contributed by atoms with E-state index in [9.17, 15) is 4.79 Å². The predicted molar refractivity (Wildman–Crippen MR) is 38.7 cm³/mol. The molecule has 0 spiro atoms. The van der Waals surface area contributed by atoms with E-state index in [0.29, 0.717) is 5.92 Å². The molecule has 0 radical (unpaired) electrons. The molecule has 0 N–H and O–H groups in total. The molecule has 0 saturated heterocycles. The van der Waals surface area contributed by atoms with Gasteiger partial charge in [0.1, 0.15) is 0 Å². The topological polar surface area (TPSA) is 26.3 Å². The average Bonchev–Trinajstić information content (AvgIpc) is 2.02. The molecule has 0 aliphatic heterocycles. The van der Waals surface area contributed by atoms with Gasteiger partial charge in [0.25, 0.3) is 0 Å². The van der Waals surface area contributed by atoms with Crippen LogP contribution in [0.1, 0.15) is 12.8 Å². The largest absolute Gasteiger partial charge is 0.469 e. The lowest BCUT2D eigenvalue weighted by molar-refractivity contribution is -0.249. The third kappa shape index (κ3) is 0.472. The van der Waals surface area contributed by atoms with Crippen LogP contribution in [0.25, 0.3) is 0 Å². The number of hydrogen-bond donors (Lipinski definition) is 0. The summed E-state index contributed by atoms with van der Waals surface area (Å²) in [6.45, 7) is 0. The summed E-state index contributed by atoms with van der Waals surface area (Å²) in [6, 6.07) is 0. The van der Waals surface area contributed by atoms with Gasteiger partial charge in [0.05, 0.1) is 13.0 Å². The first kappa shape index (κ1) is 6.04. The third-order valence-corrected chi connectivity index (χ3v) is 4.08. The van der Waals surface area contributed by atoms with E-state index >= 15 is 0 Å². The molecular weight excluding hydrogens is 140 g/mol. The van der Waals surface area contributed by atoms with Crippen molar-refractivity contribution in [2.45, 2.75) is 12.8 Å². The Kier molecular flexibility index (Phi) is 0.890. The zero-order chi connectivity index (χ0) is 7.59. The van der Waals surface area contributed by atoms with Crippen LogP contribution >= 0.6 is 0 Å². The molecule has 2 heteroatoms. The summed E-state index contributed by atoms with van der Waals surface area (Å²) in [5, 5.41) is 0. The predicted octanol–water partition coefficient (Wildman–Crippen LogP) is 1.06. The SMILES string of the molecule is COC(=O)C1C2CC3CC1C32. The van der Waals surface area contributed by atoms with Crippen molar-refractivity contribution in [3.63, 3.8) is 0 Å². The highest BCUT2D eigenvalue weighted by molar-refractivity contribution is 5.75. The van der Waals surface area contributed by atoms with Crippen LogP contribution in [0.4, 0.5) is 0 Å². The third-order valence-electron chi connectivity index (χ3n) is 4.08. The Hall–Kier alpha value is -0.530. The number of carbonyl (C=O) groups excluding carboxylic acids is 1. The molecule has 60 valence electrons. The highest BCUT2D eigenvalue weighted by Gasteiger charge is 2.70. The van der Waals surface area contributed by atoms with Crippen molar-refractivity contribution < 1.29 is 9.53 Å². The van der Waals surface area contributed by atoms with Gasteiger partial charge in [-0.1, -0.05) is 0 Å². The zero-order valence-electron chi connectivity index (χ0n) is 6.62. The second-order valence-electron chi connectivity index (χ2n) is 4.19. The molecule has 11 heavy (non-hydrogen) atoms. The maximum atomic E-state index is 11.2. The molecule has 0 aromatic carbocycles. The van der Waals surface area contributed by atoms with Crippen LogP contribution in [0.2, 0.25) is 0 Å². The summed E-state index contributed by atoms with van der Waals surface area (Å²) < 4.78 is 4.76. The molecule has 3 aliphatic carbocycles. The molecule has 3 aliphatic rings. The lowest BCUT2D eigenvalue weighted by Gasteiger charge is -2.71. The van der Waals surface area contributed by atoms with Crippen molar-refractivity contribution in [2.75, 3.05) is 7.11 Å². The van der Waals surface area contributed by atoms with Crippen molar-refractivity contribution in [3.05, 3.63) is 0 Å². The van der Waals surface area contributed by atoms with Crippen molar-refractivity contribution in [3.8, 4) is 0 Å². The first-order valence-corrected chi connectivity index (χ1v) is 4.40. The van der Waals surface area contributed by atoms with Gasteiger partial charge in [-0.05, 0) is 36.5 Å². The van der Waals surface area contributed by atoms with Gasteiger partial charge < -0.3 is 4.74 Å². The summed E-state index contributed by atoms with van der Waals surface area (Å²) in [5.41, 5.74) is 0. The van der Waals surface area contributed by atoms with E-state index in [4.69, 9.17) is 4.74 Å². The van der Waals surface area contributed by atoms with Crippen molar-refractivity contribution in [2.24, 2.45) is 29.6 Å². The number of rotatable bonds is 1. The lowest BCUT2D eigenvalue weighted by atomic mass is 9.32. The standard InChI is InChI=1S/C9H12O2/c1-11-9(10)8-5-2-4-3-6(8)7(4)5/h4-8H,2-3H2,1H3. The van der Waals surface area contributed by atoms with Gasteiger partial charge in [0.15, 0.2) is 0 Å². The fraction of sp³-hybridized carbons (Fsp3) is 0.889. The number of ether oxygens (including phenoxy) is 1. The second-order valence-corrected chi connectivity index (χ2v) is 4.19. The van der Waals surface area contributed by atoms with Crippen LogP contribution in [-0.2, 0) is 9.53 Å². The molecular formula is C9H12O2. The Morgan fingerprint density at radius 2 is 2.00 bits per heavy atom. The van der Waals surface area contributed by atoms with Gasteiger partial charge in [-0.2, -0.15) is 0 Å². The second kappa shape index (κ2) is 1.62. The molecule has 0 heterocycles. The van der Waals surface area contributed by atoms with E-state index in [1.807, 2.05) is 0 Å². The zero-order valence-corrected chi connectivity index (χ0v) is 6.62. The number of methoxy groups -OCH3 is 1. The molecule has 2 unspecified atom stereocenters. The van der Waals surface area contributed by atoms with E-state index in [1.54, 1.807) is 0 Å². The minimum atomic E-state index is 0.0504. The number of carbonyl (C=O) groups is 1. The average molecular weight is 152 g/mol. The van der Waals surface area contributed by atoms with Gasteiger partial charge in [0.2, 0.25) is 0 Å². The van der Waals surface area contributed by atoms with Gasteiger partial charge in [0, 0.05) is 0 Å². The summed E-state index contributed by atoms with van der Waals surface area (Å²) in [5.74, 6) is 3.76. The highest BCUT2D eigenvalue weighted by atomic mass is 16.5. The van der Waals surface area contributed by atoms with Crippen LogP contribution in [0.15, 0.2) is 0 Å². The number of hydrogen-bond acceptors (Lipinski definition) is 2. The van der Waals surface area contributed by atoms with E-state index < -0.39 is 0 Å². The molecule has 0 amide bonds. The van der Waals surface area contributed by atoms with Crippen LogP contribution in [0, 0.1) is 29.6 Å². The maximum Gasteiger partial charge on any atom is 0.309 e. The summed E-state index contributed by atoms with van der Waals surface area (Å²) in [4.78, 5) is 11.2. The number of esters is 1. The van der Waals surface area contributed by atoms with E-state index in [1.165, 1.54) is 20.0 Å². The van der Waals surface area contributed by atoms with Gasteiger partial charge in [-0.3, -0.25) is 4.79 Å². The van der Waals surface area contributed by atoms with Crippen LogP contribution in [-0.4, -0.2) is 13.1 Å². The van der Waals surface area contributed by atoms with Crippen molar-refractivity contribution in [1.29, 1.82) is 0 Å². The van der Waals surface area contributed by atoms with Gasteiger partial charge >= 0.3 is 5.97 Å². The summed E-state index contributed by atoms with van der Waals surface area (Å²) in [6.07, 6.45) is 2.61. The molecule has 2 atom stereocenters.